The normalized spacial score (nSPS) is 23.7. The second-order valence-electron chi connectivity index (χ2n) is 8.60. The van der Waals surface area contributed by atoms with Crippen molar-refractivity contribution < 1.29 is 34.7 Å². The van der Waals surface area contributed by atoms with Crippen molar-refractivity contribution in [1.29, 1.82) is 0 Å². The summed E-state index contributed by atoms with van der Waals surface area (Å²) in [6.45, 7) is -0.121. The van der Waals surface area contributed by atoms with E-state index < -0.39 is 36.9 Å². The first kappa shape index (κ1) is 26.8. The molecule has 3 rings (SSSR count). The number of rotatable bonds is 3. The number of para-hydroxylation sites is 1. The Morgan fingerprint density at radius 2 is 1.94 bits per heavy atom. The zero-order valence-corrected chi connectivity index (χ0v) is 19.7. The van der Waals surface area contributed by atoms with E-state index in [-0.39, 0.29) is 31.1 Å². The molecule has 1 amide bonds. The Kier molecular flexibility index (Phi) is 10.2. The molecule has 0 saturated carbocycles. The average molecular weight is 490 g/mol. The number of hydrogen-bond donors (Lipinski definition) is 5. The van der Waals surface area contributed by atoms with Crippen molar-refractivity contribution in [3.8, 4) is 5.75 Å². The van der Waals surface area contributed by atoms with Crippen molar-refractivity contribution in [3.05, 3.63) is 53.7 Å². The van der Waals surface area contributed by atoms with Crippen LogP contribution < -0.4 is 10.5 Å². The smallest absolute Gasteiger partial charge is 0.257 e. The molecule has 10 nitrogen and oxygen atoms in total. The van der Waals surface area contributed by atoms with Crippen molar-refractivity contribution >= 4 is 11.7 Å². The molecule has 1 aromatic heterocycles. The second kappa shape index (κ2) is 13.4. The van der Waals surface area contributed by atoms with Gasteiger partial charge >= 0.3 is 0 Å². The molecule has 192 valence electrons. The van der Waals surface area contributed by atoms with Crippen LogP contribution in [0.15, 0.2) is 42.6 Å². The Balaban J connectivity index is 1.84. The van der Waals surface area contributed by atoms with Gasteiger partial charge in [-0.05, 0) is 49.4 Å². The molecule has 2 aromatic rings. The Morgan fingerprint density at radius 3 is 2.71 bits per heavy atom. The summed E-state index contributed by atoms with van der Waals surface area (Å²) >= 11 is 0. The topological polar surface area (TPSA) is 159 Å². The molecule has 0 bridgehead atoms. The summed E-state index contributed by atoms with van der Waals surface area (Å²) in [5, 5.41) is 41.2. The number of benzene rings is 1. The number of aryl methyl sites for hydroxylation is 1. The number of nitrogens with zero attached hydrogens (tertiary/aromatic N) is 2. The van der Waals surface area contributed by atoms with Crippen LogP contribution in [0.2, 0.25) is 0 Å². The largest absolute Gasteiger partial charge is 0.493 e. The van der Waals surface area contributed by atoms with Gasteiger partial charge in [-0.25, -0.2) is 4.98 Å². The van der Waals surface area contributed by atoms with E-state index in [0.717, 1.165) is 24.2 Å². The molecule has 6 N–H and O–H groups in total. The Hall–Kier alpha value is -2.76. The molecular weight excluding hydrogens is 454 g/mol. The highest BCUT2D eigenvalue weighted by Gasteiger charge is 2.34. The van der Waals surface area contributed by atoms with Crippen LogP contribution in [0.25, 0.3) is 0 Å². The van der Waals surface area contributed by atoms with Gasteiger partial charge in [0.1, 0.15) is 36.0 Å². The second-order valence-corrected chi connectivity index (χ2v) is 8.60. The van der Waals surface area contributed by atoms with Crippen molar-refractivity contribution in [2.75, 3.05) is 38.6 Å². The summed E-state index contributed by atoms with van der Waals surface area (Å²) < 4.78 is 11.7. The lowest BCUT2D eigenvalue weighted by atomic mass is 10.0. The lowest BCUT2D eigenvalue weighted by Gasteiger charge is -2.33. The van der Waals surface area contributed by atoms with E-state index in [9.17, 15) is 25.2 Å². The summed E-state index contributed by atoms with van der Waals surface area (Å²) in [6.07, 6.45) is -1.49. The molecule has 0 saturated heterocycles. The van der Waals surface area contributed by atoms with E-state index in [1.807, 2.05) is 24.3 Å². The number of nitrogens with two attached hydrogens (primary N) is 1. The number of anilines is 1. The van der Waals surface area contributed by atoms with Gasteiger partial charge in [-0.1, -0.05) is 18.2 Å². The molecule has 0 aliphatic carbocycles. The third kappa shape index (κ3) is 7.36. The maximum absolute atomic E-state index is 13.2. The zero-order valence-electron chi connectivity index (χ0n) is 19.7. The SMILES string of the molecule is Nc1ncccc1C(=O)N1CCCOc2ccccc2CCCCO[C@H]([C@H](O)CO)[C@H](O)[C@H](O)C1. The van der Waals surface area contributed by atoms with Crippen LogP contribution >= 0.6 is 0 Å². The number of nitrogen functional groups attached to an aromatic ring is 1. The van der Waals surface area contributed by atoms with Crippen LogP contribution in [0.5, 0.6) is 5.75 Å². The summed E-state index contributed by atoms with van der Waals surface area (Å²) in [5.74, 6) is 0.379. The number of carbonyl (C=O) groups excluding carboxylic acids is 1. The first-order chi connectivity index (χ1) is 16.9. The van der Waals surface area contributed by atoms with Gasteiger partial charge in [0.2, 0.25) is 0 Å². The van der Waals surface area contributed by atoms with Gasteiger partial charge in [0.15, 0.2) is 0 Å². The zero-order chi connectivity index (χ0) is 25.2. The number of carbonyl (C=O) groups is 1. The standard InChI is InChI=1S/C25H35N3O7/c26-24-18(9-5-11-27-24)25(33)28-12-6-14-34-21-10-2-1-7-17(21)8-3-4-13-35-23(20(31)16-29)22(32)19(30)15-28/h1-2,5,7,9-11,19-20,22-23,29-32H,3-4,6,8,12-16H2,(H2,26,27)/t19-,20-,22-,23-/m1/s1. The molecule has 0 fully saturated rings. The molecule has 4 atom stereocenters. The van der Waals surface area contributed by atoms with Gasteiger partial charge in [0, 0.05) is 25.9 Å². The predicted octanol–water partition coefficient (Wildman–Crippen LogP) is 0.372. The maximum Gasteiger partial charge on any atom is 0.257 e. The van der Waals surface area contributed by atoms with E-state index in [1.165, 1.54) is 11.1 Å². The third-order valence-electron chi connectivity index (χ3n) is 6.01. The predicted molar refractivity (Wildman–Crippen MR) is 129 cm³/mol. The van der Waals surface area contributed by atoms with Crippen LogP contribution in [0.4, 0.5) is 5.82 Å². The number of hydrogen-bond acceptors (Lipinski definition) is 9. The highest BCUT2D eigenvalue weighted by Crippen LogP contribution is 2.22. The summed E-state index contributed by atoms with van der Waals surface area (Å²) in [7, 11) is 0. The molecule has 2 heterocycles. The van der Waals surface area contributed by atoms with Crippen LogP contribution in [0, 0.1) is 0 Å². The van der Waals surface area contributed by atoms with Gasteiger partial charge in [0.05, 0.1) is 18.8 Å². The minimum atomic E-state index is -1.54. The molecule has 35 heavy (non-hydrogen) atoms. The number of pyridine rings is 1. The van der Waals surface area contributed by atoms with Crippen LogP contribution in [0.3, 0.4) is 0 Å². The molecular formula is C25H35N3O7. The molecule has 0 unspecified atom stereocenters. The first-order valence-electron chi connectivity index (χ1n) is 11.9. The van der Waals surface area contributed by atoms with Crippen LogP contribution in [0.1, 0.15) is 35.2 Å². The summed E-state index contributed by atoms with van der Waals surface area (Å²) in [4.78, 5) is 18.6. The molecule has 0 radical (unpaired) electrons. The summed E-state index contributed by atoms with van der Waals surface area (Å²) in [5.41, 5.74) is 7.12. The van der Waals surface area contributed by atoms with Crippen molar-refractivity contribution in [2.45, 2.75) is 50.1 Å². The lowest BCUT2D eigenvalue weighted by Crippen LogP contribution is -2.52. The molecule has 1 aromatic carbocycles. The van der Waals surface area contributed by atoms with E-state index >= 15 is 0 Å². The van der Waals surface area contributed by atoms with E-state index in [2.05, 4.69) is 4.98 Å². The number of β-amino-alcohol motifs (C(OH)–C–C–N with tert-alkyl or cyclic N) is 1. The Labute approximate surface area is 204 Å². The lowest BCUT2D eigenvalue weighted by molar-refractivity contribution is -0.145. The van der Waals surface area contributed by atoms with Crippen molar-refractivity contribution in [2.24, 2.45) is 0 Å². The Bertz CT molecular complexity index is 945. The fourth-order valence-corrected chi connectivity index (χ4v) is 4.06. The highest BCUT2D eigenvalue weighted by molar-refractivity contribution is 5.98. The molecule has 1 aliphatic rings. The van der Waals surface area contributed by atoms with Crippen LogP contribution in [-0.2, 0) is 11.2 Å². The third-order valence-corrected chi connectivity index (χ3v) is 6.01. The minimum absolute atomic E-state index is 0.0572. The van der Waals surface area contributed by atoms with Crippen molar-refractivity contribution in [3.63, 3.8) is 0 Å². The molecule has 0 spiro atoms. The van der Waals surface area contributed by atoms with Gasteiger partial charge in [-0.3, -0.25) is 4.79 Å². The fourth-order valence-electron chi connectivity index (χ4n) is 4.06. The molecule has 1 aliphatic heterocycles. The average Bonchev–Trinajstić information content (AvgIpc) is 2.87. The number of ether oxygens (including phenoxy) is 2. The number of aliphatic hydroxyl groups excluding tert-OH is 4. The quantitative estimate of drug-likeness (QED) is 0.411. The minimum Gasteiger partial charge on any atom is -0.493 e. The van der Waals surface area contributed by atoms with Gasteiger partial charge in [-0.15, -0.1) is 0 Å². The maximum atomic E-state index is 13.2. The summed E-state index contributed by atoms with van der Waals surface area (Å²) in [6, 6.07) is 10.9. The number of fused-ring (bicyclic) bond motifs is 1. The monoisotopic (exact) mass is 489 g/mol. The van der Waals surface area contributed by atoms with Gasteiger partial charge < -0.3 is 40.5 Å². The first-order valence-corrected chi connectivity index (χ1v) is 11.9. The number of aliphatic hydroxyl groups is 4. The van der Waals surface area contributed by atoms with Crippen LogP contribution in [-0.4, -0.2) is 93.5 Å². The molecule has 10 heteroatoms. The van der Waals surface area contributed by atoms with Crippen molar-refractivity contribution in [1.82, 2.24) is 9.88 Å². The fraction of sp³-hybridized carbons (Fsp3) is 0.520. The Morgan fingerprint density at radius 1 is 1.14 bits per heavy atom. The van der Waals surface area contributed by atoms with Gasteiger partial charge in [-0.2, -0.15) is 0 Å². The van der Waals surface area contributed by atoms with E-state index in [4.69, 9.17) is 15.2 Å². The number of aromatic nitrogens is 1. The van der Waals surface area contributed by atoms with Gasteiger partial charge in [0.25, 0.3) is 5.91 Å². The van der Waals surface area contributed by atoms with E-state index in [1.54, 1.807) is 12.1 Å². The highest BCUT2D eigenvalue weighted by atomic mass is 16.5. The number of amides is 1. The van der Waals surface area contributed by atoms with E-state index in [0.29, 0.717) is 19.4 Å².